The summed E-state index contributed by atoms with van der Waals surface area (Å²) < 4.78 is 13.6. The van der Waals surface area contributed by atoms with Crippen molar-refractivity contribution in [2.45, 2.75) is 32.9 Å². The molecular formula is C22H22N2O3. The van der Waals surface area contributed by atoms with Gasteiger partial charge in [-0.1, -0.05) is 43.3 Å². The first-order valence-electron chi connectivity index (χ1n) is 9.20. The van der Waals surface area contributed by atoms with Gasteiger partial charge < -0.3 is 9.47 Å². The zero-order valence-corrected chi connectivity index (χ0v) is 15.5. The molecule has 0 N–H and O–H groups in total. The Labute approximate surface area is 158 Å². The fraction of sp³-hybridized carbons (Fsp3) is 0.273. The molecule has 0 unspecified atom stereocenters. The maximum atomic E-state index is 11.6. The van der Waals surface area contributed by atoms with E-state index in [4.69, 9.17) is 9.47 Å². The Morgan fingerprint density at radius 2 is 2.04 bits per heavy atom. The summed E-state index contributed by atoms with van der Waals surface area (Å²) in [6.07, 6.45) is 2.56. The number of aryl methyl sites for hydroxylation is 2. The number of hydrogen-bond acceptors (Lipinski definition) is 4. The topological polar surface area (TPSA) is 53.4 Å². The minimum absolute atomic E-state index is 0.155. The number of fused-ring (bicyclic) bond motifs is 1. The molecule has 1 aliphatic heterocycles. The highest BCUT2D eigenvalue weighted by atomic mass is 16.6. The minimum atomic E-state index is -0.244. The van der Waals surface area contributed by atoms with Crippen LogP contribution in [-0.4, -0.2) is 22.3 Å². The van der Waals surface area contributed by atoms with E-state index < -0.39 is 0 Å². The van der Waals surface area contributed by atoms with Crippen LogP contribution >= 0.6 is 0 Å². The molecule has 138 valence electrons. The number of aromatic nitrogens is 2. The van der Waals surface area contributed by atoms with E-state index in [9.17, 15) is 4.79 Å². The second-order valence-electron chi connectivity index (χ2n) is 6.75. The lowest BCUT2D eigenvalue weighted by Gasteiger charge is -2.14. The van der Waals surface area contributed by atoms with E-state index in [0.29, 0.717) is 24.7 Å². The standard InChI is InChI=1S/C22H22N2O3/c1-3-16-11-18(9-10-20(16)17-7-5-4-6-8-17)26-14-19-13-24-12-15(2)21(25)23-22(24)27-19/h4-12,19H,3,13-14H2,1-2H3/t19-/m0/s1. The average Bonchev–Trinajstić information content (AvgIpc) is 3.08. The van der Waals surface area contributed by atoms with Gasteiger partial charge in [-0.15, -0.1) is 0 Å². The van der Waals surface area contributed by atoms with Gasteiger partial charge in [-0.25, -0.2) is 0 Å². The van der Waals surface area contributed by atoms with E-state index in [1.54, 1.807) is 13.1 Å². The number of hydrogen-bond donors (Lipinski definition) is 0. The lowest BCUT2D eigenvalue weighted by molar-refractivity contribution is 0.143. The maximum Gasteiger partial charge on any atom is 0.300 e. The second-order valence-corrected chi connectivity index (χ2v) is 6.75. The third kappa shape index (κ3) is 3.58. The van der Waals surface area contributed by atoms with Crippen LogP contribution < -0.4 is 15.0 Å². The molecule has 0 fully saturated rings. The van der Waals surface area contributed by atoms with Gasteiger partial charge in [0.1, 0.15) is 12.4 Å². The molecule has 0 spiro atoms. The Balaban J connectivity index is 1.46. The van der Waals surface area contributed by atoms with Gasteiger partial charge in [-0.2, -0.15) is 4.98 Å². The van der Waals surface area contributed by atoms with Crippen LogP contribution in [-0.2, 0) is 13.0 Å². The third-order valence-electron chi connectivity index (χ3n) is 4.78. The lowest BCUT2D eigenvalue weighted by Crippen LogP contribution is -2.23. The van der Waals surface area contributed by atoms with Crippen molar-refractivity contribution in [1.29, 1.82) is 0 Å². The molecule has 4 rings (SSSR count). The molecule has 3 aromatic rings. The van der Waals surface area contributed by atoms with Crippen LogP contribution in [0, 0.1) is 6.92 Å². The number of ether oxygens (including phenoxy) is 2. The summed E-state index contributed by atoms with van der Waals surface area (Å²) in [4.78, 5) is 15.6. The monoisotopic (exact) mass is 362 g/mol. The molecule has 5 heteroatoms. The van der Waals surface area contributed by atoms with Gasteiger partial charge in [0, 0.05) is 11.8 Å². The van der Waals surface area contributed by atoms with Crippen LogP contribution in [0.5, 0.6) is 11.8 Å². The summed E-state index contributed by atoms with van der Waals surface area (Å²) in [7, 11) is 0. The highest BCUT2D eigenvalue weighted by Crippen LogP contribution is 2.28. The van der Waals surface area contributed by atoms with Crippen molar-refractivity contribution < 1.29 is 9.47 Å². The summed E-state index contributed by atoms with van der Waals surface area (Å²) in [5.41, 5.74) is 4.06. The zero-order chi connectivity index (χ0) is 18.8. The Hall–Kier alpha value is -3.08. The summed E-state index contributed by atoms with van der Waals surface area (Å²) in [6.45, 7) is 4.94. The molecule has 2 heterocycles. The smallest absolute Gasteiger partial charge is 0.300 e. The molecule has 5 nitrogen and oxygen atoms in total. The van der Waals surface area contributed by atoms with Crippen molar-refractivity contribution in [1.82, 2.24) is 9.55 Å². The van der Waals surface area contributed by atoms with E-state index in [2.05, 4.69) is 48.3 Å². The minimum Gasteiger partial charge on any atom is -0.490 e. The second kappa shape index (κ2) is 7.27. The molecule has 0 saturated carbocycles. The quantitative estimate of drug-likeness (QED) is 0.696. The van der Waals surface area contributed by atoms with Gasteiger partial charge in [-0.3, -0.25) is 9.36 Å². The summed E-state index contributed by atoms with van der Waals surface area (Å²) in [5, 5.41) is 0. The fourth-order valence-corrected chi connectivity index (χ4v) is 3.34. The van der Waals surface area contributed by atoms with Crippen molar-refractivity contribution in [2.24, 2.45) is 0 Å². The van der Waals surface area contributed by atoms with Crippen LogP contribution in [0.2, 0.25) is 0 Å². The van der Waals surface area contributed by atoms with Crippen molar-refractivity contribution in [3.63, 3.8) is 0 Å². The average molecular weight is 362 g/mol. The fourth-order valence-electron chi connectivity index (χ4n) is 3.34. The summed E-state index contributed by atoms with van der Waals surface area (Å²) in [5.74, 6) is 0.824. The zero-order valence-electron chi connectivity index (χ0n) is 15.5. The molecule has 0 amide bonds. The molecule has 1 aromatic heterocycles. The van der Waals surface area contributed by atoms with E-state index >= 15 is 0 Å². The molecule has 2 aromatic carbocycles. The lowest BCUT2D eigenvalue weighted by atomic mass is 9.98. The maximum absolute atomic E-state index is 11.6. The first-order chi connectivity index (χ1) is 13.1. The van der Waals surface area contributed by atoms with E-state index in [1.165, 1.54) is 16.7 Å². The van der Waals surface area contributed by atoms with E-state index in [0.717, 1.165) is 12.2 Å². The molecule has 1 atom stereocenters. The highest BCUT2D eigenvalue weighted by molar-refractivity contribution is 5.68. The van der Waals surface area contributed by atoms with Crippen molar-refractivity contribution in [3.8, 4) is 22.9 Å². The Kier molecular flexibility index (Phi) is 4.67. The molecule has 0 bridgehead atoms. The largest absolute Gasteiger partial charge is 0.490 e. The van der Waals surface area contributed by atoms with Crippen LogP contribution in [0.4, 0.5) is 0 Å². The van der Waals surface area contributed by atoms with Crippen LogP contribution in [0.1, 0.15) is 18.1 Å². The first-order valence-corrected chi connectivity index (χ1v) is 9.20. The SMILES string of the molecule is CCc1cc(OC[C@@H]2Cn3cc(C)c(=O)nc3O2)ccc1-c1ccccc1. The number of nitrogens with zero attached hydrogens (tertiary/aromatic N) is 2. The third-order valence-corrected chi connectivity index (χ3v) is 4.78. The Morgan fingerprint density at radius 3 is 2.81 bits per heavy atom. The van der Waals surface area contributed by atoms with Gasteiger partial charge in [0.05, 0.1) is 6.54 Å². The molecule has 0 aliphatic carbocycles. The van der Waals surface area contributed by atoms with Crippen molar-refractivity contribution >= 4 is 0 Å². The summed E-state index contributed by atoms with van der Waals surface area (Å²) >= 11 is 0. The molecule has 0 radical (unpaired) electrons. The molecular weight excluding hydrogens is 340 g/mol. The van der Waals surface area contributed by atoms with Crippen LogP contribution in [0.15, 0.2) is 59.5 Å². The normalized spacial score (nSPS) is 15.3. The van der Waals surface area contributed by atoms with E-state index in [1.807, 2.05) is 16.7 Å². The summed E-state index contributed by atoms with van der Waals surface area (Å²) in [6, 6.07) is 16.9. The number of rotatable bonds is 5. The number of benzene rings is 2. The molecule has 1 aliphatic rings. The predicted molar refractivity (Wildman–Crippen MR) is 104 cm³/mol. The Bertz CT molecular complexity index is 1010. The van der Waals surface area contributed by atoms with Gasteiger partial charge in [0.2, 0.25) is 0 Å². The van der Waals surface area contributed by atoms with Gasteiger partial charge in [-0.05, 0) is 42.2 Å². The van der Waals surface area contributed by atoms with Crippen LogP contribution in [0.25, 0.3) is 11.1 Å². The predicted octanol–water partition coefficient (Wildman–Crippen LogP) is 3.62. The first kappa shape index (κ1) is 17.3. The van der Waals surface area contributed by atoms with Crippen LogP contribution in [0.3, 0.4) is 0 Å². The molecule has 27 heavy (non-hydrogen) atoms. The molecule has 0 saturated heterocycles. The Morgan fingerprint density at radius 1 is 1.22 bits per heavy atom. The van der Waals surface area contributed by atoms with Gasteiger partial charge in [0.25, 0.3) is 11.6 Å². The van der Waals surface area contributed by atoms with Gasteiger partial charge in [0.15, 0.2) is 6.10 Å². The van der Waals surface area contributed by atoms with Crippen molar-refractivity contribution in [3.05, 3.63) is 76.2 Å². The van der Waals surface area contributed by atoms with Crippen molar-refractivity contribution in [2.75, 3.05) is 6.61 Å². The van der Waals surface area contributed by atoms with Gasteiger partial charge >= 0.3 is 0 Å². The van der Waals surface area contributed by atoms with E-state index in [-0.39, 0.29) is 11.7 Å². The highest BCUT2D eigenvalue weighted by Gasteiger charge is 2.24.